The first-order valence-corrected chi connectivity index (χ1v) is 8.98. The molecule has 0 spiro atoms. The molecule has 0 aromatic carbocycles. The van der Waals surface area contributed by atoms with Gasteiger partial charge in [-0.15, -0.1) is 11.3 Å². The van der Waals surface area contributed by atoms with Crippen LogP contribution in [0.4, 0.5) is 0 Å². The number of halogens is 3. The van der Waals surface area contributed by atoms with E-state index in [2.05, 4.69) is 54.7 Å². The fourth-order valence-electron chi connectivity index (χ4n) is 1.68. The molecule has 1 aromatic rings. The minimum absolute atomic E-state index is 1.18. The van der Waals surface area contributed by atoms with Crippen molar-refractivity contribution in [2.75, 3.05) is 0 Å². The fourth-order valence-corrected chi connectivity index (χ4v) is 5.67. The number of thiophene rings is 1. The number of rotatable bonds is 7. The molecular weight excluding hydrogens is 416 g/mol. The highest BCUT2D eigenvalue weighted by Gasteiger charge is 2.11. The van der Waals surface area contributed by atoms with Gasteiger partial charge in [0, 0.05) is 4.47 Å². The van der Waals surface area contributed by atoms with Gasteiger partial charge in [-0.1, -0.05) is 39.0 Å². The van der Waals surface area contributed by atoms with Gasteiger partial charge in [0.15, 0.2) is 0 Å². The zero-order valence-electron chi connectivity index (χ0n) is 9.49. The van der Waals surface area contributed by atoms with Crippen molar-refractivity contribution in [3.8, 4) is 0 Å². The summed E-state index contributed by atoms with van der Waals surface area (Å²) in [5, 5.41) is 0. The zero-order valence-corrected chi connectivity index (χ0v) is 15.1. The van der Waals surface area contributed by atoms with Crippen molar-refractivity contribution < 1.29 is 0 Å². The molecule has 0 saturated heterocycles. The van der Waals surface area contributed by atoms with E-state index in [0.29, 0.717) is 0 Å². The van der Waals surface area contributed by atoms with E-state index in [1.807, 2.05) is 0 Å². The number of unbranched alkanes of at least 4 members (excludes halogenated alkanes) is 5. The van der Waals surface area contributed by atoms with Crippen molar-refractivity contribution in [2.45, 2.75) is 51.9 Å². The minimum Gasteiger partial charge on any atom is -0.120 e. The second kappa shape index (κ2) is 8.28. The van der Waals surface area contributed by atoms with Gasteiger partial charge < -0.3 is 0 Å². The summed E-state index contributed by atoms with van der Waals surface area (Å²) in [6.07, 6.45) is 9.32. The van der Waals surface area contributed by atoms with Gasteiger partial charge in [-0.05, 0) is 66.2 Å². The first-order chi connectivity index (χ1) is 7.66. The van der Waals surface area contributed by atoms with Crippen molar-refractivity contribution >= 4 is 59.1 Å². The Morgan fingerprint density at radius 2 is 1.50 bits per heavy atom. The summed E-state index contributed by atoms with van der Waals surface area (Å²) in [5.74, 6) is 0. The van der Waals surface area contributed by atoms with E-state index in [0.717, 1.165) is 0 Å². The summed E-state index contributed by atoms with van der Waals surface area (Å²) in [6, 6.07) is 0. The standard InChI is InChI=1S/C12H17Br3S/c1-2-3-4-5-6-7-8-9-10(13)12(15)16-11(9)14/h2-8H2,1H3. The second-order valence-corrected chi connectivity index (χ2v) is 8.41. The Labute approximate surface area is 128 Å². The molecule has 0 aliphatic rings. The topological polar surface area (TPSA) is 0 Å². The first kappa shape index (κ1) is 15.2. The van der Waals surface area contributed by atoms with E-state index >= 15 is 0 Å². The van der Waals surface area contributed by atoms with E-state index in [4.69, 9.17) is 0 Å². The van der Waals surface area contributed by atoms with Gasteiger partial charge in [-0.3, -0.25) is 0 Å². The van der Waals surface area contributed by atoms with E-state index in [1.54, 1.807) is 11.3 Å². The SMILES string of the molecule is CCCCCCCCc1c(Br)sc(Br)c1Br. The molecule has 0 bridgehead atoms. The Morgan fingerprint density at radius 3 is 2.06 bits per heavy atom. The minimum atomic E-state index is 1.18. The number of hydrogen-bond acceptors (Lipinski definition) is 1. The number of hydrogen-bond donors (Lipinski definition) is 0. The molecule has 4 heteroatoms. The van der Waals surface area contributed by atoms with Crippen LogP contribution in [0, 0.1) is 0 Å². The Morgan fingerprint density at radius 1 is 0.875 bits per heavy atom. The summed E-state index contributed by atoms with van der Waals surface area (Å²) in [4.78, 5) is 0. The molecule has 0 radical (unpaired) electrons. The molecule has 0 aliphatic carbocycles. The average molecular weight is 433 g/mol. The largest absolute Gasteiger partial charge is 0.120 e. The molecule has 1 heterocycles. The van der Waals surface area contributed by atoms with Crippen LogP contribution in [0.2, 0.25) is 0 Å². The van der Waals surface area contributed by atoms with Crippen molar-refractivity contribution in [1.82, 2.24) is 0 Å². The average Bonchev–Trinajstić information content (AvgIpc) is 2.49. The summed E-state index contributed by atoms with van der Waals surface area (Å²) >= 11 is 12.6. The van der Waals surface area contributed by atoms with Crippen LogP contribution in [0.15, 0.2) is 12.0 Å². The van der Waals surface area contributed by atoms with Crippen molar-refractivity contribution in [3.63, 3.8) is 0 Å². The first-order valence-electron chi connectivity index (χ1n) is 5.79. The van der Waals surface area contributed by atoms with Crippen LogP contribution in [0.25, 0.3) is 0 Å². The van der Waals surface area contributed by atoms with Crippen molar-refractivity contribution in [2.24, 2.45) is 0 Å². The molecule has 0 unspecified atom stereocenters. The third-order valence-corrected chi connectivity index (χ3v) is 6.96. The highest BCUT2D eigenvalue weighted by molar-refractivity contribution is 9.14. The summed E-state index contributed by atoms with van der Waals surface area (Å²) in [5.41, 5.74) is 1.42. The van der Waals surface area contributed by atoms with E-state index in [-0.39, 0.29) is 0 Å². The summed E-state index contributed by atoms with van der Waals surface area (Å²) in [7, 11) is 0. The van der Waals surface area contributed by atoms with Crippen molar-refractivity contribution in [1.29, 1.82) is 0 Å². The Hall–Kier alpha value is 1.14. The van der Waals surface area contributed by atoms with Crippen LogP contribution in [0.3, 0.4) is 0 Å². The van der Waals surface area contributed by atoms with Crippen molar-refractivity contribution in [3.05, 3.63) is 17.6 Å². The molecule has 0 saturated carbocycles. The Bertz CT molecular complexity index is 320. The van der Waals surface area contributed by atoms with Gasteiger partial charge in [0.2, 0.25) is 0 Å². The van der Waals surface area contributed by atoms with Crippen LogP contribution in [-0.2, 0) is 6.42 Å². The predicted molar refractivity (Wildman–Crippen MR) is 84.5 cm³/mol. The monoisotopic (exact) mass is 430 g/mol. The molecule has 1 rings (SSSR count). The lowest BCUT2D eigenvalue weighted by Crippen LogP contribution is -1.86. The van der Waals surface area contributed by atoms with Gasteiger partial charge >= 0.3 is 0 Å². The molecule has 0 atom stereocenters. The third kappa shape index (κ3) is 4.79. The predicted octanol–water partition coefficient (Wildman–Crippen LogP) is 6.94. The lowest BCUT2D eigenvalue weighted by Gasteiger charge is -2.01. The quantitative estimate of drug-likeness (QED) is 0.409. The molecule has 0 nitrogen and oxygen atoms in total. The Balaban J connectivity index is 2.26. The molecule has 16 heavy (non-hydrogen) atoms. The van der Waals surface area contributed by atoms with Gasteiger partial charge in [0.25, 0.3) is 0 Å². The normalized spacial score (nSPS) is 11.0. The van der Waals surface area contributed by atoms with Gasteiger partial charge in [0.05, 0.1) is 7.57 Å². The maximum atomic E-state index is 3.63. The molecule has 92 valence electrons. The highest BCUT2D eigenvalue weighted by atomic mass is 79.9. The molecule has 0 N–H and O–H groups in total. The molecule has 0 amide bonds. The molecule has 0 fully saturated rings. The van der Waals surface area contributed by atoms with Crippen LogP contribution < -0.4 is 0 Å². The van der Waals surface area contributed by atoms with E-state index < -0.39 is 0 Å². The molecule has 1 aromatic heterocycles. The lowest BCUT2D eigenvalue weighted by molar-refractivity contribution is 0.607. The smallest absolute Gasteiger partial charge is 0.0855 e. The third-order valence-electron chi connectivity index (χ3n) is 2.63. The van der Waals surface area contributed by atoms with Crippen LogP contribution >= 0.6 is 59.1 Å². The zero-order chi connectivity index (χ0) is 12.0. The van der Waals surface area contributed by atoms with Gasteiger partial charge in [-0.25, -0.2) is 0 Å². The van der Waals surface area contributed by atoms with Crippen LogP contribution in [0.5, 0.6) is 0 Å². The fraction of sp³-hybridized carbons (Fsp3) is 0.667. The van der Waals surface area contributed by atoms with E-state index in [9.17, 15) is 0 Å². The van der Waals surface area contributed by atoms with Crippen LogP contribution in [-0.4, -0.2) is 0 Å². The molecule has 0 aliphatic heterocycles. The van der Waals surface area contributed by atoms with Crippen LogP contribution in [0.1, 0.15) is 51.0 Å². The van der Waals surface area contributed by atoms with Gasteiger partial charge in [0.1, 0.15) is 0 Å². The molecular formula is C12H17Br3S. The van der Waals surface area contributed by atoms with E-state index in [1.165, 1.54) is 62.6 Å². The summed E-state index contributed by atoms with van der Waals surface area (Å²) in [6.45, 7) is 2.26. The Kier molecular flexibility index (Phi) is 7.86. The highest BCUT2D eigenvalue weighted by Crippen LogP contribution is 2.41. The maximum Gasteiger partial charge on any atom is 0.0855 e. The maximum absolute atomic E-state index is 3.63. The second-order valence-electron chi connectivity index (χ2n) is 3.96. The van der Waals surface area contributed by atoms with Gasteiger partial charge in [-0.2, -0.15) is 0 Å². The lowest BCUT2D eigenvalue weighted by atomic mass is 10.1. The summed E-state index contributed by atoms with van der Waals surface area (Å²) < 4.78 is 3.69.